The molecule has 6 nitrogen and oxygen atoms in total. The molecule has 0 aliphatic heterocycles. The number of aryl methyl sites for hydroxylation is 2. The van der Waals surface area contributed by atoms with Crippen molar-refractivity contribution in [2.45, 2.75) is 20.3 Å². The number of carbonyl (C=O) groups excluding carboxylic acids is 1. The zero-order valence-corrected chi connectivity index (χ0v) is 11.3. The summed E-state index contributed by atoms with van der Waals surface area (Å²) in [5.74, 6) is -0.430. The van der Waals surface area contributed by atoms with Crippen molar-refractivity contribution in [3.05, 3.63) is 40.7 Å². The number of nitrogens with zero attached hydrogens (tertiary/aromatic N) is 2. The summed E-state index contributed by atoms with van der Waals surface area (Å²) in [6.45, 7) is 3.73. The molecular formula is C14H15N5O. The predicted molar refractivity (Wildman–Crippen MR) is 76.2 cm³/mol. The van der Waals surface area contributed by atoms with Gasteiger partial charge >= 0.3 is 0 Å². The Morgan fingerprint density at radius 1 is 1.55 bits per heavy atom. The van der Waals surface area contributed by atoms with Crippen LogP contribution < -0.4 is 11.1 Å². The van der Waals surface area contributed by atoms with Crippen LogP contribution in [-0.4, -0.2) is 16.1 Å². The molecule has 0 unspecified atom stereocenters. The van der Waals surface area contributed by atoms with Crippen molar-refractivity contribution in [2.24, 2.45) is 0 Å². The Labute approximate surface area is 116 Å². The van der Waals surface area contributed by atoms with E-state index in [0.717, 1.165) is 11.3 Å². The quantitative estimate of drug-likeness (QED) is 0.791. The number of carbonyl (C=O) groups is 1. The first-order valence-electron chi connectivity index (χ1n) is 6.22. The maximum absolute atomic E-state index is 12.2. The lowest BCUT2D eigenvalue weighted by Gasteiger charge is -2.07. The molecule has 1 aromatic carbocycles. The van der Waals surface area contributed by atoms with Crippen LogP contribution in [-0.2, 0) is 6.42 Å². The number of hydrogen-bond acceptors (Lipinski definition) is 4. The van der Waals surface area contributed by atoms with Crippen LogP contribution in [0, 0.1) is 18.3 Å². The van der Waals surface area contributed by atoms with Gasteiger partial charge in [0.15, 0.2) is 5.69 Å². The molecule has 1 aromatic heterocycles. The standard InChI is InChI=1S/C14H15N5O/c1-3-10-12(16)13(19-18-10)14(20)17-11-6-4-5-8(2)9(11)7-15/h4-6H,3,16H2,1-2H3,(H,17,20)(H,18,19). The lowest BCUT2D eigenvalue weighted by atomic mass is 10.1. The minimum Gasteiger partial charge on any atom is -0.395 e. The van der Waals surface area contributed by atoms with Crippen LogP contribution in [0.5, 0.6) is 0 Å². The molecule has 4 N–H and O–H groups in total. The Morgan fingerprint density at radius 3 is 2.90 bits per heavy atom. The van der Waals surface area contributed by atoms with Gasteiger partial charge in [-0.25, -0.2) is 0 Å². The topological polar surface area (TPSA) is 108 Å². The number of nitriles is 1. The van der Waals surface area contributed by atoms with E-state index in [0.29, 0.717) is 23.4 Å². The second-order valence-electron chi connectivity index (χ2n) is 4.38. The van der Waals surface area contributed by atoms with Gasteiger partial charge in [0.2, 0.25) is 0 Å². The molecule has 0 spiro atoms. The monoisotopic (exact) mass is 269 g/mol. The molecule has 1 heterocycles. The minimum absolute atomic E-state index is 0.146. The van der Waals surface area contributed by atoms with Crippen molar-refractivity contribution in [2.75, 3.05) is 11.1 Å². The van der Waals surface area contributed by atoms with Crippen LogP contribution in [0.15, 0.2) is 18.2 Å². The van der Waals surface area contributed by atoms with Gasteiger partial charge in [-0.1, -0.05) is 19.1 Å². The van der Waals surface area contributed by atoms with Crippen molar-refractivity contribution < 1.29 is 4.79 Å². The fourth-order valence-electron chi connectivity index (χ4n) is 1.93. The average Bonchev–Trinajstić information content (AvgIpc) is 2.80. The zero-order valence-electron chi connectivity index (χ0n) is 11.3. The normalized spacial score (nSPS) is 10.1. The lowest BCUT2D eigenvalue weighted by Crippen LogP contribution is -2.15. The highest BCUT2D eigenvalue weighted by molar-refractivity contribution is 6.07. The van der Waals surface area contributed by atoms with Crippen LogP contribution >= 0.6 is 0 Å². The molecule has 1 amide bonds. The van der Waals surface area contributed by atoms with Crippen molar-refractivity contribution in [3.8, 4) is 6.07 Å². The smallest absolute Gasteiger partial charge is 0.278 e. The van der Waals surface area contributed by atoms with E-state index < -0.39 is 5.91 Å². The van der Waals surface area contributed by atoms with E-state index in [9.17, 15) is 4.79 Å². The third kappa shape index (κ3) is 2.34. The highest BCUT2D eigenvalue weighted by atomic mass is 16.2. The van der Waals surface area contributed by atoms with E-state index in [1.54, 1.807) is 12.1 Å². The fraction of sp³-hybridized carbons (Fsp3) is 0.214. The van der Waals surface area contributed by atoms with Gasteiger partial charge in [0.25, 0.3) is 5.91 Å². The Balaban J connectivity index is 2.31. The molecule has 20 heavy (non-hydrogen) atoms. The lowest BCUT2D eigenvalue weighted by molar-refractivity contribution is 0.102. The van der Waals surface area contributed by atoms with Crippen molar-refractivity contribution in [1.29, 1.82) is 5.26 Å². The van der Waals surface area contributed by atoms with Crippen molar-refractivity contribution in [3.63, 3.8) is 0 Å². The maximum atomic E-state index is 12.2. The predicted octanol–water partition coefficient (Wildman–Crippen LogP) is 1.99. The number of aromatic nitrogens is 2. The molecule has 0 bridgehead atoms. The summed E-state index contributed by atoms with van der Waals surface area (Å²) in [4.78, 5) is 12.2. The highest BCUT2D eigenvalue weighted by Gasteiger charge is 2.18. The minimum atomic E-state index is -0.430. The van der Waals surface area contributed by atoms with Crippen LogP contribution in [0.3, 0.4) is 0 Å². The first kappa shape index (κ1) is 13.6. The van der Waals surface area contributed by atoms with E-state index in [4.69, 9.17) is 11.0 Å². The van der Waals surface area contributed by atoms with Gasteiger partial charge in [-0.3, -0.25) is 9.89 Å². The SMILES string of the molecule is CCc1[nH]nc(C(=O)Nc2cccc(C)c2C#N)c1N. The number of nitrogen functional groups attached to an aromatic ring is 1. The number of benzene rings is 1. The second-order valence-corrected chi connectivity index (χ2v) is 4.38. The van der Waals surface area contributed by atoms with Crippen LogP contribution in [0.4, 0.5) is 11.4 Å². The number of anilines is 2. The third-order valence-electron chi connectivity index (χ3n) is 3.08. The van der Waals surface area contributed by atoms with E-state index in [1.165, 1.54) is 0 Å². The second kappa shape index (κ2) is 5.45. The van der Waals surface area contributed by atoms with Crippen molar-refractivity contribution in [1.82, 2.24) is 10.2 Å². The van der Waals surface area contributed by atoms with Crippen LogP contribution in [0.25, 0.3) is 0 Å². The summed E-state index contributed by atoms with van der Waals surface area (Å²) < 4.78 is 0. The summed E-state index contributed by atoms with van der Waals surface area (Å²) in [5.41, 5.74) is 8.75. The summed E-state index contributed by atoms with van der Waals surface area (Å²) >= 11 is 0. The first-order valence-corrected chi connectivity index (χ1v) is 6.22. The largest absolute Gasteiger partial charge is 0.395 e. The van der Waals surface area contributed by atoms with Gasteiger partial charge in [-0.05, 0) is 25.0 Å². The summed E-state index contributed by atoms with van der Waals surface area (Å²) in [5, 5.41) is 18.4. The molecular weight excluding hydrogens is 254 g/mol. The van der Waals surface area contributed by atoms with Gasteiger partial charge in [0.1, 0.15) is 6.07 Å². The van der Waals surface area contributed by atoms with Crippen LogP contribution in [0.2, 0.25) is 0 Å². The van der Waals surface area contributed by atoms with Gasteiger partial charge in [0.05, 0.1) is 22.6 Å². The molecule has 2 rings (SSSR count). The number of hydrogen-bond donors (Lipinski definition) is 3. The molecule has 0 atom stereocenters. The number of nitrogens with one attached hydrogen (secondary N) is 2. The van der Waals surface area contributed by atoms with Gasteiger partial charge in [-0.2, -0.15) is 10.4 Å². The zero-order chi connectivity index (χ0) is 14.7. The molecule has 0 saturated carbocycles. The number of aromatic amines is 1. The Morgan fingerprint density at radius 2 is 2.30 bits per heavy atom. The van der Waals surface area contributed by atoms with E-state index in [2.05, 4.69) is 21.6 Å². The molecule has 0 fully saturated rings. The molecule has 0 radical (unpaired) electrons. The van der Waals surface area contributed by atoms with Gasteiger partial charge in [0, 0.05) is 0 Å². The maximum Gasteiger partial charge on any atom is 0.278 e. The first-order chi connectivity index (χ1) is 9.58. The third-order valence-corrected chi connectivity index (χ3v) is 3.08. The summed E-state index contributed by atoms with van der Waals surface area (Å²) in [7, 11) is 0. The van der Waals surface area contributed by atoms with E-state index >= 15 is 0 Å². The number of nitrogens with two attached hydrogens (primary N) is 1. The molecule has 102 valence electrons. The molecule has 0 saturated heterocycles. The van der Waals surface area contributed by atoms with Crippen LogP contribution in [0.1, 0.15) is 34.2 Å². The number of H-pyrrole nitrogens is 1. The van der Waals surface area contributed by atoms with Gasteiger partial charge < -0.3 is 11.1 Å². The number of amides is 1. The Kier molecular flexibility index (Phi) is 3.71. The molecule has 6 heteroatoms. The summed E-state index contributed by atoms with van der Waals surface area (Å²) in [6, 6.07) is 7.34. The van der Waals surface area contributed by atoms with E-state index in [-0.39, 0.29) is 5.69 Å². The summed E-state index contributed by atoms with van der Waals surface area (Å²) in [6.07, 6.45) is 0.667. The van der Waals surface area contributed by atoms with E-state index in [1.807, 2.05) is 19.9 Å². The molecule has 0 aliphatic rings. The van der Waals surface area contributed by atoms with Crippen molar-refractivity contribution >= 4 is 17.3 Å². The molecule has 2 aromatic rings. The number of rotatable bonds is 3. The highest BCUT2D eigenvalue weighted by Crippen LogP contribution is 2.21. The Bertz CT molecular complexity index is 696. The fourth-order valence-corrected chi connectivity index (χ4v) is 1.93. The molecule has 0 aliphatic carbocycles. The van der Waals surface area contributed by atoms with Gasteiger partial charge in [-0.15, -0.1) is 0 Å². The average molecular weight is 269 g/mol. The Hall–Kier alpha value is -2.81.